The number of amides is 2. The van der Waals surface area contributed by atoms with E-state index in [0.29, 0.717) is 19.8 Å². The van der Waals surface area contributed by atoms with Crippen LogP contribution in [0.4, 0.5) is 13.6 Å². The van der Waals surface area contributed by atoms with Crippen molar-refractivity contribution in [1.29, 1.82) is 0 Å². The zero-order valence-corrected chi connectivity index (χ0v) is 13.8. The summed E-state index contributed by atoms with van der Waals surface area (Å²) >= 11 is 0. The van der Waals surface area contributed by atoms with Crippen LogP contribution in [0.25, 0.3) is 0 Å². The van der Waals surface area contributed by atoms with Crippen molar-refractivity contribution in [3.63, 3.8) is 0 Å². The van der Waals surface area contributed by atoms with Gasteiger partial charge in [-0.2, -0.15) is 0 Å². The van der Waals surface area contributed by atoms with Gasteiger partial charge in [-0.3, -0.25) is 0 Å². The predicted molar refractivity (Wildman–Crippen MR) is 85.9 cm³/mol. The molecule has 1 aromatic carbocycles. The summed E-state index contributed by atoms with van der Waals surface area (Å²) in [7, 11) is 0. The second-order valence-electron chi connectivity index (χ2n) is 5.92. The number of nitrogens with one attached hydrogen (secondary N) is 2. The Labute approximate surface area is 140 Å². The van der Waals surface area contributed by atoms with Crippen LogP contribution in [0.1, 0.15) is 25.3 Å². The first-order valence-corrected chi connectivity index (χ1v) is 8.23. The van der Waals surface area contributed by atoms with E-state index < -0.39 is 17.7 Å². The smallest absolute Gasteiger partial charge is 0.315 e. The van der Waals surface area contributed by atoms with Crippen molar-refractivity contribution in [2.24, 2.45) is 0 Å². The Kier molecular flexibility index (Phi) is 7.39. The molecule has 1 aromatic rings. The van der Waals surface area contributed by atoms with E-state index in [0.717, 1.165) is 19.4 Å². The van der Waals surface area contributed by atoms with Crippen molar-refractivity contribution < 1.29 is 23.0 Å². The summed E-state index contributed by atoms with van der Waals surface area (Å²) in [4.78, 5) is 11.7. The van der Waals surface area contributed by atoms with Crippen molar-refractivity contribution in [2.45, 2.75) is 38.3 Å². The minimum atomic E-state index is -0.605. The first-order chi connectivity index (χ1) is 11.6. The van der Waals surface area contributed by atoms with E-state index in [1.165, 1.54) is 18.2 Å². The van der Waals surface area contributed by atoms with Crippen LogP contribution in [-0.4, -0.2) is 44.5 Å². The van der Waals surface area contributed by atoms with Crippen LogP contribution < -0.4 is 10.6 Å². The fraction of sp³-hybridized carbons (Fsp3) is 0.588. The molecule has 1 heterocycles. The van der Waals surface area contributed by atoms with Crippen LogP contribution in [0, 0.1) is 11.6 Å². The lowest BCUT2D eigenvalue weighted by Crippen LogP contribution is -2.43. The fourth-order valence-corrected chi connectivity index (χ4v) is 2.59. The molecule has 1 aliphatic rings. The molecule has 5 nitrogen and oxygen atoms in total. The maximum Gasteiger partial charge on any atom is 0.315 e. The molecular weight excluding hydrogens is 318 g/mol. The molecule has 0 radical (unpaired) electrons. The Morgan fingerprint density at radius 1 is 1.42 bits per heavy atom. The molecule has 2 atom stereocenters. The third kappa shape index (κ3) is 6.05. The second kappa shape index (κ2) is 9.54. The van der Waals surface area contributed by atoms with Crippen LogP contribution in [0.5, 0.6) is 0 Å². The zero-order chi connectivity index (χ0) is 17.4. The van der Waals surface area contributed by atoms with Crippen molar-refractivity contribution >= 4 is 6.03 Å². The van der Waals surface area contributed by atoms with Gasteiger partial charge in [-0.15, -0.1) is 0 Å². The number of hydrogen-bond acceptors (Lipinski definition) is 3. The normalized spacial score (nSPS) is 18.4. The van der Waals surface area contributed by atoms with Crippen molar-refractivity contribution in [3.8, 4) is 0 Å². The van der Waals surface area contributed by atoms with E-state index in [9.17, 15) is 13.6 Å². The monoisotopic (exact) mass is 342 g/mol. The number of rotatable bonds is 8. The van der Waals surface area contributed by atoms with Gasteiger partial charge in [-0.1, -0.05) is 6.07 Å². The van der Waals surface area contributed by atoms with E-state index in [1.807, 2.05) is 0 Å². The van der Waals surface area contributed by atoms with Crippen LogP contribution in [0.15, 0.2) is 18.2 Å². The molecule has 2 amide bonds. The highest BCUT2D eigenvalue weighted by molar-refractivity contribution is 5.74. The summed E-state index contributed by atoms with van der Waals surface area (Å²) in [5, 5.41) is 5.30. The summed E-state index contributed by atoms with van der Waals surface area (Å²) in [5.74, 6) is -1.21. The molecule has 2 N–H and O–H groups in total. The average molecular weight is 342 g/mol. The minimum absolute atomic E-state index is 0.0230. The standard InChI is InChI=1S/C17H24F2N2O3/c1-12(10-14-15(18)5-2-6-16(14)19)21-17(22)20-7-9-23-11-13-4-3-8-24-13/h2,5-6,12-13H,3-4,7-11H2,1H3,(H2,20,21,22)/t12-,13-/m0/s1. The molecule has 0 unspecified atom stereocenters. The van der Waals surface area contributed by atoms with Crippen LogP contribution in [0.3, 0.4) is 0 Å². The molecule has 1 fully saturated rings. The summed E-state index contributed by atoms with van der Waals surface area (Å²) in [5.41, 5.74) is -0.0230. The third-order valence-corrected chi connectivity index (χ3v) is 3.81. The first kappa shape index (κ1) is 18.6. The molecule has 2 rings (SSSR count). The third-order valence-electron chi connectivity index (χ3n) is 3.81. The quantitative estimate of drug-likeness (QED) is 0.713. The highest BCUT2D eigenvalue weighted by Gasteiger charge is 2.16. The molecule has 1 aliphatic heterocycles. The topological polar surface area (TPSA) is 59.6 Å². The van der Waals surface area contributed by atoms with E-state index in [1.54, 1.807) is 6.92 Å². The highest BCUT2D eigenvalue weighted by atomic mass is 19.1. The van der Waals surface area contributed by atoms with E-state index >= 15 is 0 Å². The molecule has 7 heteroatoms. The molecule has 24 heavy (non-hydrogen) atoms. The van der Waals surface area contributed by atoms with Gasteiger partial charge in [0.05, 0.1) is 19.3 Å². The Morgan fingerprint density at radius 2 is 2.17 bits per heavy atom. The van der Waals surface area contributed by atoms with Gasteiger partial charge in [-0.25, -0.2) is 13.6 Å². The van der Waals surface area contributed by atoms with Gasteiger partial charge >= 0.3 is 6.03 Å². The summed E-state index contributed by atoms with van der Waals surface area (Å²) in [6.07, 6.45) is 2.32. The van der Waals surface area contributed by atoms with Gasteiger partial charge in [0.1, 0.15) is 11.6 Å². The van der Waals surface area contributed by atoms with E-state index in [4.69, 9.17) is 9.47 Å². The van der Waals surface area contributed by atoms with Gasteiger partial charge in [-0.05, 0) is 38.3 Å². The molecule has 1 saturated heterocycles. The first-order valence-electron chi connectivity index (χ1n) is 8.23. The largest absolute Gasteiger partial charge is 0.377 e. The number of ether oxygens (including phenoxy) is 2. The molecule has 0 spiro atoms. The van der Waals surface area contributed by atoms with Gasteiger partial charge < -0.3 is 20.1 Å². The number of halogens is 2. The minimum Gasteiger partial charge on any atom is -0.377 e. The van der Waals surface area contributed by atoms with Gasteiger partial charge in [0, 0.05) is 24.8 Å². The maximum atomic E-state index is 13.6. The summed E-state index contributed by atoms with van der Waals surface area (Å²) in [6.45, 7) is 3.77. The van der Waals surface area contributed by atoms with Gasteiger partial charge in [0.25, 0.3) is 0 Å². The number of carbonyl (C=O) groups is 1. The van der Waals surface area contributed by atoms with E-state index in [2.05, 4.69) is 10.6 Å². The predicted octanol–water partition coefficient (Wildman–Crippen LogP) is 2.39. The second-order valence-corrected chi connectivity index (χ2v) is 5.92. The van der Waals surface area contributed by atoms with Crippen molar-refractivity contribution in [3.05, 3.63) is 35.4 Å². The highest BCUT2D eigenvalue weighted by Crippen LogP contribution is 2.14. The lowest BCUT2D eigenvalue weighted by Gasteiger charge is -2.16. The Morgan fingerprint density at radius 3 is 2.83 bits per heavy atom. The average Bonchev–Trinajstić information content (AvgIpc) is 3.04. The molecular formula is C17H24F2N2O3. The zero-order valence-electron chi connectivity index (χ0n) is 13.8. The lowest BCUT2D eigenvalue weighted by atomic mass is 10.1. The van der Waals surface area contributed by atoms with Crippen LogP contribution in [0.2, 0.25) is 0 Å². The molecule has 134 valence electrons. The Bertz CT molecular complexity index is 516. The number of benzene rings is 1. The summed E-state index contributed by atoms with van der Waals surface area (Å²) < 4.78 is 38.0. The molecule has 0 aromatic heterocycles. The maximum absolute atomic E-state index is 13.6. The van der Waals surface area contributed by atoms with E-state index in [-0.39, 0.29) is 24.1 Å². The Balaban J connectivity index is 1.61. The number of urea groups is 1. The van der Waals surface area contributed by atoms with Gasteiger partial charge in [0.2, 0.25) is 0 Å². The Hall–Kier alpha value is -1.73. The SMILES string of the molecule is C[C@@H](Cc1c(F)cccc1F)NC(=O)NCCOC[C@@H]1CCCO1. The van der Waals surface area contributed by atoms with Gasteiger partial charge in [0.15, 0.2) is 0 Å². The van der Waals surface area contributed by atoms with Crippen molar-refractivity contribution in [2.75, 3.05) is 26.4 Å². The molecule has 0 aliphatic carbocycles. The number of hydrogen-bond donors (Lipinski definition) is 2. The van der Waals surface area contributed by atoms with Crippen LogP contribution >= 0.6 is 0 Å². The van der Waals surface area contributed by atoms with Crippen LogP contribution in [-0.2, 0) is 15.9 Å². The molecule has 0 saturated carbocycles. The fourth-order valence-electron chi connectivity index (χ4n) is 2.59. The molecule has 0 bridgehead atoms. The number of carbonyl (C=O) groups excluding carboxylic acids is 1. The van der Waals surface area contributed by atoms with Crippen molar-refractivity contribution in [1.82, 2.24) is 10.6 Å². The summed E-state index contributed by atoms with van der Waals surface area (Å²) in [6, 6.07) is 2.94. The lowest BCUT2D eigenvalue weighted by molar-refractivity contribution is 0.0188.